The number of esters is 1. The summed E-state index contributed by atoms with van der Waals surface area (Å²) in [5.74, 6) is -1.69. The van der Waals surface area contributed by atoms with Gasteiger partial charge in [0.2, 0.25) is 0 Å². The SMILES string of the molecule is CC1(C)OC[C@H](CN(Cc2c[nH]c3ccc(F)cc23)C(=O)[C@@H]2CCC(=O)O2)O1. The van der Waals surface area contributed by atoms with E-state index in [1.54, 1.807) is 17.2 Å². The molecule has 0 spiro atoms. The first-order valence-corrected chi connectivity index (χ1v) is 9.36. The fourth-order valence-corrected chi connectivity index (χ4v) is 3.72. The van der Waals surface area contributed by atoms with Crippen LogP contribution in [0.5, 0.6) is 0 Å². The first kappa shape index (κ1) is 18.9. The van der Waals surface area contributed by atoms with E-state index in [-0.39, 0.29) is 43.3 Å². The minimum atomic E-state index is -0.787. The Morgan fingerprint density at radius 1 is 1.39 bits per heavy atom. The molecular formula is C20H23FN2O5. The van der Waals surface area contributed by atoms with Crippen molar-refractivity contribution in [3.05, 3.63) is 35.8 Å². The van der Waals surface area contributed by atoms with Crippen molar-refractivity contribution >= 4 is 22.8 Å². The fourth-order valence-electron chi connectivity index (χ4n) is 3.72. The summed E-state index contributed by atoms with van der Waals surface area (Å²) in [6.45, 7) is 4.54. The van der Waals surface area contributed by atoms with Crippen molar-refractivity contribution in [2.75, 3.05) is 13.2 Å². The molecule has 1 amide bonds. The number of hydrogen-bond donors (Lipinski definition) is 1. The number of aromatic nitrogens is 1. The first-order chi connectivity index (χ1) is 13.3. The van der Waals surface area contributed by atoms with Gasteiger partial charge in [0.25, 0.3) is 5.91 Å². The summed E-state index contributed by atoms with van der Waals surface area (Å²) in [5, 5.41) is 0.713. The highest BCUT2D eigenvalue weighted by Gasteiger charge is 2.38. The number of carbonyl (C=O) groups is 2. The van der Waals surface area contributed by atoms with E-state index in [2.05, 4.69) is 4.98 Å². The number of aromatic amines is 1. The smallest absolute Gasteiger partial charge is 0.306 e. The van der Waals surface area contributed by atoms with Crippen molar-refractivity contribution in [2.45, 2.75) is 51.2 Å². The zero-order chi connectivity index (χ0) is 19.9. The predicted molar refractivity (Wildman–Crippen MR) is 97.7 cm³/mol. The predicted octanol–water partition coefficient (Wildman–Crippen LogP) is 2.49. The van der Waals surface area contributed by atoms with Gasteiger partial charge in [0.1, 0.15) is 11.9 Å². The van der Waals surface area contributed by atoms with Crippen molar-refractivity contribution in [1.82, 2.24) is 9.88 Å². The number of fused-ring (bicyclic) bond motifs is 1. The molecule has 1 aromatic heterocycles. The minimum Gasteiger partial charge on any atom is -0.452 e. The van der Waals surface area contributed by atoms with Gasteiger partial charge in [-0.3, -0.25) is 9.59 Å². The maximum Gasteiger partial charge on any atom is 0.306 e. The van der Waals surface area contributed by atoms with Gasteiger partial charge in [0.15, 0.2) is 11.9 Å². The maximum absolute atomic E-state index is 13.7. The van der Waals surface area contributed by atoms with Gasteiger partial charge >= 0.3 is 5.97 Å². The van der Waals surface area contributed by atoms with Crippen LogP contribution < -0.4 is 0 Å². The lowest BCUT2D eigenvalue weighted by molar-refractivity contribution is -0.157. The highest BCUT2D eigenvalue weighted by molar-refractivity contribution is 5.88. The number of amides is 1. The molecule has 0 bridgehead atoms. The third kappa shape index (κ3) is 3.88. The monoisotopic (exact) mass is 390 g/mol. The molecule has 2 aliphatic heterocycles. The molecule has 150 valence electrons. The number of cyclic esters (lactones) is 1. The van der Waals surface area contributed by atoms with Crippen LogP contribution >= 0.6 is 0 Å². The molecule has 0 saturated carbocycles. The Hall–Kier alpha value is -2.45. The van der Waals surface area contributed by atoms with Crippen molar-refractivity contribution in [1.29, 1.82) is 0 Å². The fraction of sp³-hybridized carbons (Fsp3) is 0.500. The zero-order valence-corrected chi connectivity index (χ0v) is 15.9. The third-order valence-electron chi connectivity index (χ3n) is 5.05. The van der Waals surface area contributed by atoms with E-state index in [1.165, 1.54) is 12.1 Å². The zero-order valence-electron chi connectivity index (χ0n) is 15.9. The largest absolute Gasteiger partial charge is 0.452 e. The normalized spacial score (nSPS) is 23.9. The summed E-state index contributed by atoms with van der Waals surface area (Å²) in [5.41, 5.74) is 1.57. The van der Waals surface area contributed by atoms with Gasteiger partial charge in [-0.2, -0.15) is 0 Å². The van der Waals surface area contributed by atoms with Crippen LogP contribution in [0.25, 0.3) is 10.9 Å². The number of benzene rings is 1. The second kappa shape index (κ2) is 7.18. The van der Waals surface area contributed by atoms with E-state index >= 15 is 0 Å². The van der Waals surface area contributed by atoms with Gasteiger partial charge in [0.05, 0.1) is 6.61 Å². The molecule has 2 saturated heterocycles. The summed E-state index contributed by atoms with van der Waals surface area (Å²) in [4.78, 5) is 29.2. The number of H-pyrrole nitrogens is 1. The Labute approximate surface area is 161 Å². The van der Waals surface area contributed by atoms with Crippen molar-refractivity contribution in [3.63, 3.8) is 0 Å². The lowest BCUT2D eigenvalue weighted by Crippen LogP contribution is -2.43. The number of nitrogens with one attached hydrogen (secondary N) is 1. The van der Waals surface area contributed by atoms with Crippen LogP contribution in [0, 0.1) is 5.82 Å². The van der Waals surface area contributed by atoms with Crippen LogP contribution in [0.1, 0.15) is 32.3 Å². The molecule has 1 N–H and O–H groups in total. The number of ether oxygens (including phenoxy) is 3. The van der Waals surface area contributed by atoms with E-state index in [0.717, 1.165) is 11.1 Å². The molecule has 2 aromatic rings. The lowest BCUT2D eigenvalue weighted by Gasteiger charge is -2.27. The van der Waals surface area contributed by atoms with Gasteiger partial charge in [-0.05, 0) is 37.6 Å². The third-order valence-corrected chi connectivity index (χ3v) is 5.05. The Morgan fingerprint density at radius 3 is 2.89 bits per heavy atom. The summed E-state index contributed by atoms with van der Waals surface area (Å²) < 4.78 is 30.3. The first-order valence-electron chi connectivity index (χ1n) is 9.36. The highest BCUT2D eigenvalue weighted by Crippen LogP contribution is 2.26. The maximum atomic E-state index is 13.7. The van der Waals surface area contributed by atoms with Crippen LogP contribution in [0.3, 0.4) is 0 Å². The van der Waals surface area contributed by atoms with Crippen LogP contribution in [-0.2, 0) is 30.3 Å². The van der Waals surface area contributed by atoms with Crippen molar-refractivity contribution in [3.8, 4) is 0 Å². The molecular weight excluding hydrogens is 367 g/mol. The van der Waals surface area contributed by atoms with Crippen LogP contribution in [0.2, 0.25) is 0 Å². The summed E-state index contributed by atoms with van der Waals surface area (Å²) in [7, 11) is 0. The molecule has 1 aromatic carbocycles. The highest BCUT2D eigenvalue weighted by atomic mass is 19.1. The van der Waals surface area contributed by atoms with Crippen LogP contribution in [-0.4, -0.2) is 52.9 Å². The minimum absolute atomic E-state index is 0.235. The summed E-state index contributed by atoms with van der Waals surface area (Å²) in [6, 6.07) is 4.49. The number of nitrogens with zero attached hydrogens (tertiary/aromatic N) is 1. The molecule has 0 radical (unpaired) electrons. The average Bonchev–Trinajstić information content (AvgIpc) is 3.33. The number of hydrogen-bond acceptors (Lipinski definition) is 5. The molecule has 2 atom stereocenters. The Kier molecular flexibility index (Phi) is 4.84. The molecule has 0 aliphatic carbocycles. The molecule has 8 heteroatoms. The Morgan fingerprint density at radius 2 is 2.21 bits per heavy atom. The number of carbonyl (C=O) groups excluding carboxylic acids is 2. The van der Waals surface area contributed by atoms with E-state index in [9.17, 15) is 14.0 Å². The molecule has 2 aliphatic rings. The van der Waals surface area contributed by atoms with Crippen molar-refractivity contribution < 1.29 is 28.2 Å². The van der Waals surface area contributed by atoms with E-state index in [4.69, 9.17) is 14.2 Å². The van der Waals surface area contributed by atoms with Gasteiger partial charge < -0.3 is 24.1 Å². The Bertz CT molecular complexity index is 909. The van der Waals surface area contributed by atoms with Crippen molar-refractivity contribution in [2.24, 2.45) is 0 Å². The lowest BCUT2D eigenvalue weighted by atomic mass is 10.1. The Balaban J connectivity index is 1.57. The van der Waals surface area contributed by atoms with E-state index < -0.39 is 11.9 Å². The second-order valence-corrected chi connectivity index (χ2v) is 7.69. The standard InChI is InChI=1S/C20H23FN2O5/c1-20(2)26-11-14(28-20)10-23(19(25)17-5-6-18(24)27-17)9-12-8-22-16-4-3-13(21)7-15(12)16/h3-4,7-8,14,17,22H,5-6,9-11H2,1-2H3/t14-,17-/m0/s1. The average molecular weight is 390 g/mol. The topological polar surface area (TPSA) is 80.9 Å². The summed E-state index contributed by atoms with van der Waals surface area (Å²) in [6.07, 6.45) is 1.28. The molecule has 4 rings (SSSR count). The summed E-state index contributed by atoms with van der Waals surface area (Å²) >= 11 is 0. The second-order valence-electron chi connectivity index (χ2n) is 7.69. The quantitative estimate of drug-likeness (QED) is 0.794. The molecule has 28 heavy (non-hydrogen) atoms. The van der Waals surface area contributed by atoms with Crippen LogP contribution in [0.4, 0.5) is 4.39 Å². The van der Waals surface area contributed by atoms with Gasteiger partial charge in [-0.25, -0.2) is 4.39 Å². The van der Waals surface area contributed by atoms with Crippen LogP contribution in [0.15, 0.2) is 24.4 Å². The van der Waals surface area contributed by atoms with Gasteiger partial charge in [-0.1, -0.05) is 0 Å². The van der Waals surface area contributed by atoms with E-state index in [0.29, 0.717) is 18.4 Å². The number of halogens is 1. The molecule has 3 heterocycles. The van der Waals surface area contributed by atoms with Gasteiger partial charge in [-0.15, -0.1) is 0 Å². The number of rotatable bonds is 5. The molecule has 0 unspecified atom stereocenters. The molecule has 7 nitrogen and oxygen atoms in total. The van der Waals surface area contributed by atoms with E-state index in [1.807, 2.05) is 13.8 Å². The molecule has 2 fully saturated rings. The van der Waals surface area contributed by atoms with Gasteiger partial charge in [0, 0.05) is 43.0 Å².